The summed E-state index contributed by atoms with van der Waals surface area (Å²) in [5.74, 6) is 1.32. The number of hydrogen-bond donors (Lipinski definition) is 0. The zero-order valence-corrected chi connectivity index (χ0v) is 19.3. The Morgan fingerprint density at radius 1 is 1.09 bits per heavy atom. The average molecular weight is 465 g/mol. The van der Waals surface area contributed by atoms with Gasteiger partial charge in [0.15, 0.2) is 5.76 Å². The van der Waals surface area contributed by atoms with Crippen molar-refractivity contribution >= 4 is 16.9 Å². The fourth-order valence-electron chi connectivity index (χ4n) is 4.26. The van der Waals surface area contributed by atoms with E-state index < -0.39 is 0 Å². The third-order valence-electron chi connectivity index (χ3n) is 6.29. The molecule has 1 aliphatic rings. The number of benzene rings is 1. The number of carbonyl (C=O) groups excluding carboxylic acids is 1. The van der Waals surface area contributed by atoms with Crippen LogP contribution in [0.4, 0.5) is 0 Å². The number of amides is 1. The average Bonchev–Trinajstić information content (AvgIpc) is 3.49. The second-order valence-electron chi connectivity index (χ2n) is 8.82. The smallest absolute Gasteiger partial charge is 0.257 e. The second kappa shape index (κ2) is 8.79. The Balaban J connectivity index is 1.29. The van der Waals surface area contributed by atoms with Crippen LogP contribution in [-0.2, 0) is 6.42 Å². The largest absolute Gasteiger partial charge is 0.454 e. The van der Waals surface area contributed by atoms with Crippen molar-refractivity contribution in [1.29, 1.82) is 0 Å². The summed E-state index contributed by atoms with van der Waals surface area (Å²) >= 11 is 0. The van der Waals surface area contributed by atoms with Crippen LogP contribution in [0.15, 0.2) is 77.6 Å². The van der Waals surface area contributed by atoms with Gasteiger partial charge in [0.05, 0.1) is 17.5 Å². The van der Waals surface area contributed by atoms with Gasteiger partial charge in [-0.25, -0.2) is 14.6 Å². The molecule has 0 aliphatic heterocycles. The predicted octanol–water partition coefficient (Wildman–Crippen LogP) is 4.66. The number of pyridine rings is 1. The van der Waals surface area contributed by atoms with E-state index in [1.54, 1.807) is 28.2 Å². The standard InChI is InChI=1S/C27H24N6O2/c1-32(15-12-20-7-4-5-13-28-20)26(34)21-17-30-33(25(21)18-9-10-18)27-29-14-11-22(31-27)24-16-19-6-2-3-8-23(19)35-24/h2-8,11,13-14,16-18H,9-10,12,15H2,1H3. The predicted molar refractivity (Wildman–Crippen MR) is 131 cm³/mol. The number of likely N-dealkylation sites (N-methyl/N-ethyl adjacent to an activating group) is 1. The van der Waals surface area contributed by atoms with E-state index in [4.69, 9.17) is 9.40 Å². The van der Waals surface area contributed by atoms with E-state index in [0.29, 0.717) is 35.9 Å². The normalized spacial score (nSPS) is 13.3. The molecule has 6 rings (SSSR count). The minimum atomic E-state index is -0.0532. The van der Waals surface area contributed by atoms with E-state index in [2.05, 4.69) is 15.1 Å². The molecule has 1 fully saturated rings. The number of fused-ring (bicyclic) bond motifs is 1. The van der Waals surface area contributed by atoms with Crippen LogP contribution in [0, 0.1) is 0 Å². The third kappa shape index (κ3) is 4.19. The summed E-state index contributed by atoms with van der Waals surface area (Å²) in [6, 6.07) is 17.5. The molecule has 4 aromatic heterocycles. The van der Waals surface area contributed by atoms with E-state index in [1.165, 1.54) is 0 Å². The molecule has 1 aliphatic carbocycles. The molecule has 0 N–H and O–H groups in total. The Labute approximate surface area is 202 Å². The van der Waals surface area contributed by atoms with Crippen molar-refractivity contribution in [2.75, 3.05) is 13.6 Å². The van der Waals surface area contributed by atoms with Gasteiger partial charge in [-0.15, -0.1) is 0 Å². The molecular formula is C27H24N6O2. The molecule has 1 aromatic carbocycles. The van der Waals surface area contributed by atoms with Crippen molar-refractivity contribution in [3.63, 3.8) is 0 Å². The highest BCUT2D eigenvalue weighted by molar-refractivity contribution is 5.95. The molecule has 4 heterocycles. The molecule has 0 atom stereocenters. The Hall–Kier alpha value is -4.33. The number of rotatable bonds is 7. The SMILES string of the molecule is CN(CCc1ccccn1)C(=O)c1cnn(-c2nccc(-c3cc4ccccc4o3)n2)c1C1CC1. The Morgan fingerprint density at radius 3 is 2.74 bits per heavy atom. The maximum atomic E-state index is 13.3. The van der Waals surface area contributed by atoms with Gasteiger partial charge < -0.3 is 9.32 Å². The zero-order chi connectivity index (χ0) is 23.8. The molecule has 5 aromatic rings. The molecule has 1 amide bonds. The molecule has 0 bridgehead atoms. The van der Waals surface area contributed by atoms with Crippen molar-refractivity contribution in [2.24, 2.45) is 0 Å². The van der Waals surface area contributed by atoms with Gasteiger partial charge >= 0.3 is 0 Å². The van der Waals surface area contributed by atoms with Gasteiger partial charge in [0.1, 0.15) is 11.3 Å². The van der Waals surface area contributed by atoms with Gasteiger partial charge in [-0.3, -0.25) is 9.78 Å². The molecule has 174 valence electrons. The number of para-hydroxylation sites is 1. The lowest BCUT2D eigenvalue weighted by atomic mass is 10.1. The maximum Gasteiger partial charge on any atom is 0.257 e. The minimum Gasteiger partial charge on any atom is -0.454 e. The molecule has 0 unspecified atom stereocenters. The van der Waals surface area contributed by atoms with Crippen molar-refractivity contribution in [2.45, 2.75) is 25.2 Å². The first-order valence-corrected chi connectivity index (χ1v) is 11.7. The minimum absolute atomic E-state index is 0.0532. The van der Waals surface area contributed by atoms with E-state index in [1.807, 2.05) is 61.6 Å². The van der Waals surface area contributed by atoms with Crippen LogP contribution in [0.1, 0.15) is 40.5 Å². The van der Waals surface area contributed by atoms with E-state index in [9.17, 15) is 4.79 Å². The van der Waals surface area contributed by atoms with E-state index in [-0.39, 0.29) is 11.8 Å². The highest BCUT2D eigenvalue weighted by atomic mass is 16.3. The number of aromatic nitrogens is 5. The van der Waals surface area contributed by atoms with Gasteiger partial charge in [0.25, 0.3) is 11.9 Å². The molecular weight excluding hydrogens is 440 g/mol. The molecule has 8 heteroatoms. The number of nitrogens with zero attached hydrogens (tertiary/aromatic N) is 6. The molecule has 0 spiro atoms. The quantitative estimate of drug-likeness (QED) is 0.348. The second-order valence-corrected chi connectivity index (χ2v) is 8.82. The highest BCUT2D eigenvalue weighted by Crippen LogP contribution is 2.42. The molecule has 35 heavy (non-hydrogen) atoms. The van der Waals surface area contributed by atoms with Crippen molar-refractivity contribution in [3.05, 3.63) is 90.1 Å². The zero-order valence-electron chi connectivity index (χ0n) is 19.3. The first-order valence-electron chi connectivity index (χ1n) is 11.7. The summed E-state index contributed by atoms with van der Waals surface area (Å²) in [6.45, 7) is 0.573. The summed E-state index contributed by atoms with van der Waals surface area (Å²) in [5, 5.41) is 5.56. The third-order valence-corrected chi connectivity index (χ3v) is 6.29. The van der Waals surface area contributed by atoms with Crippen LogP contribution >= 0.6 is 0 Å². The maximum absolute atomic E-state index is 13.3. The van der Waals surface area contributed by atoms with Gasteiger partial charge in [0.2, 0.25) is 0 Å². The van der Waals surface area contributed by atoms with Crippen LogP contribution in [0.3, 0.4) is 0 Å². The van der Waals surface area contributed by atoms with Crippen LogP contribution in [0.25, 0.3) is 28.4 Å². The number of carbonyl (C=O) groups is 1. The Bertz CT molecular complexity index is 1470. The van der Waals surface area contributed by atoms with Crippen LogP contribution < -0.4 is 0 Å². The fraction of sp³-hybridized carbons (Fsp3) is 0.222. The summed E-state index contributed by atoms with van der Waals surface area (Å²) < 4.78 is 7.70. The summed E-state index contributed by atoms with van der Waals surface area (Å²) in [4.78, 5) is 28.6. The highest BCUT2D eigenvalue weighted by Gasteiger charge is 2.34. The van der Waals surface area contributed by atoms with Crippen molar-refractivity contribution in [1.82, 2.24) is 29.6 Å². The Kier molecular flexibility index (Phi) is 5.33. The lowest BCUT2D eigenvalue weighted by Crippen LogP contribution is -2.29. The lowest BCUT2D eigenvalue weighted by molar-refractivity contribution is 0.0795. The first kappa shape index (κ1) is 21.2. The van der Waals surface area contributed by atoms with Crippen LogP contribution in [0.2, 0.25) is 0 Å². The summed E-state index contributed by atoms with van der Waals surface area (Å²) in [5.41, 5.74) is 3.92. The monoisotopic (exact) mass is 464 g/mol. The van der Waals surface area contributed by atoms with Gasteiger partial charge in [-0.1, -0.05) is 24.3 Å². The fourth-order valence-corrected chi connectivity index (χ4v) is 4.26. The summed E-state index contributed by atoms with van der Waals surface area (Å²) in [6.07, 6.45) is 7.85. The van der Waals surface area contributed by atoms with E-state index in [0.717, 1.165) is 35.2 Å². The number of furan rings is 1. The van der Waals surface area contributed by atoms with Crippen molar-refractivity contribution in [3.8, 4) is 17.4 Å². The molecule has 1 saturated carbocycles. The first-order chi connectivity index (χ1) is 17.2. The summed E-state index contributed by atoms with van der Waals surface area (Å²) in [7, 11) is 1.82. The molecule has 0 radical (unpaired) electrons. The lowest BCUT2D eigenvalue weighted by Gasteiger charge is -2.17. The van der Waals surface area contributed by atoms with Crippen LogP contribution in [0.5, 0.6) is 0 Å². The van der Waals surface area contributed by atoms with Gasteiger partial charge in [-0.05, 0) is 43.2 Å². The Morgan fingerprint density at radius 2 is 1.94 bits per heavy atom. The number of hydrogen-bond acceptors (Lipinski definition) is 6. The van der Waals surface area contributed by atoms with Gasteiger partial charge in [-0.2, -0.15) is 5.10 Å². The molecule has 8 nitrogen and oxygen atoms in total. The van der Waals surface area contributed by atoms with Crippen LogP contribution in [-0.4, -0.2) is 49.1 Å². The molecule has 0 saturated heterocycles. The van der Waals surface area contributed by atoms with E-state index >= 15 is 0 Å². The topological polar surface area (TPSA) is 89.9 Å². The van der Waals surface area contributed by atoms with Crippen molar-refractivity contribution < 1.29 is 9.21 Å². The van der Waals surface area contributed by atoms with Gasteiger partial charge in [0, 0.05) is 49.4 Å².